The molecular weight excluding hydrogens is 325 g/mol. The lowest BCUT2D eigenvalue weighted by atomic mass is 10.1. The predicted molar refractivity (Wildman–Crippen MR) is 83.0 cm³/mol. The maximum atomic E-state index is 14.3. The van der Waals surface area contributed by atoms with Crippen molar-refractivity contribution in [2.45, 2.75) is 6.92 Å². The van der Waals surface area contributed by atoms with Gasteiger partial charge in [0.15, 0.2) is 23.0 Å². The molecule has 0 bridgehead atoms. The molecular formula is C16H11F3N2O3. The lowest BCUT2D eigenvalue weighted by Crippen LogP contribution is -2.10. The Balaban J connectivity index is 2.46. The van der Waals surface area contributed by atoms with E-state index in [-0.39, 0.29) is 11.3 Å². The minimum absolute atomic E-state index is 0.0434. The summed E-state index contributed by atoms with van der Waals surface area (Å²) in [4.78, 5) is 12.3. The zero-order valence-corrected chi connectivity index (χ0v) is 12.3. The molecule has 0 amide bonds. The SMILES string of the molecule is Cc1c(F)c(N)c2c(=O)c(O)c(-c3ccc(N)c(F)c3)oc2c1F. The minimum Gasteiger partial charge on any atom is -0.502 e. The Kier molecular flexibility index (Phi) is 3.40. The van der Waals surface area contributed by atoms with E-state index in [1.54, 1.807) is 0 Å². The number of rotatable bonds is 1. The molecule has 0 saturated carbocycles. The molecule has 3 rings (SSSR count). The minimum atomic E-state index is -1.13. The monoisotopic (exact) mass is 336 g/mol. The van der Waals surface area contributed by atoms with Crippen molar-refractivity contribution in [3.63, 3.8) is 0 Å². The normalized spacial score (nSPS) is 11.2. The van der Waals surface area contributed by atoms with Crippen LogP contribution in [-0.4, -0.2) is 5.11 Å². The Morgan fingerprint density at radius 3 is 2.42 bits per heavy atom. The van der Waals surface area contributed by atoms with Gasteiger partial charge in [0.1, 0.15) is 5.82 Å². The fraction of sp³-hybridized carbons (Fsp3) is 0.0625. The fourth-order valence-electron chi connectivity index (χ4n) is 2.37. The molecule has 5 nitrogen and oxygen atoms in total. The highest BCUT2D eigenvalue weighted by Gasteiger charge is 2.24. The van der Waals surface area contributed by atoms with Gasteiger partial charge in [-0.3, -0.25) is 4.79 Å². The van der Waals surface area contributed by atoms with Gasteiger partial charge in [0.05, 0.1) is 16.8 Å². The fourth-order valence-corrected chi connectivity index (χ4v) is 2.37. The summed E-state index contributed by atoms with van der Waals surface area (Å²) in [6.07, 6.45) is 0. The molecule has 0 aliphatic carbocycles. The third kappa shape index (κ3) is 2.07. The maximum absolute atomic E-state index is 14.3. The largest absolute Gasteiger partial charge is 0.502 e. The first-order valence-electron chi connectivity index (χ1n) is 6.72. The van der Waals surface area contributed by atoms with Gasteiger partial charge in [0.25, 0.3) is 0 Å². The molecule has 124 valence electrons. The van der Waals surface area contributed by atoms with Crippen molar-refractivity contribution in [3.8, 4) is 17.1 Å². The van der Waals surface area contributed by atoms with Gasteiger partial charge in [-0.15, -0.1) is 0 Å². The van der Waals surface area contributed by atoms with Crippen LogP contribution in [0.4, 0.5) is 24.5 Å². The zero-order chi connectivity index (χ0) is 17.8. The molecule has 0 spiro atoms. The third-order valence-corrected chi connectivity index (χ3v) is 3.71. The summed E-state index contributed by atoms with van der Waals surface area (Å²) < 4.78 is 47.0. The number of hydrogen-bond acceptors (Lipinski definition) is 5. The lowest BCUT2D eigenvalue weighted by Gasteiger charge is -2.11. The van der Waals surface area contributed by atoms with Crippen molar-refractivity contribution in [1.82, 2.24) is 0 Å². The van der Waals surface area contributed by atoms with E-state index in [0.29, 0.717) is 0 Å². The zero-order valence-electron chi connectivity index (χ0n) is 12.3. The first-order chi connectivity index (χ1) is 11.2. The van der Waals surface area contributed by atoms with Crippen LogP contribution in [-0.2, 0) is 0 Å². The van der Waals surface area contributed by atoms with Gasteiger partial charge >= 0.3 is 0 Å². The molecule has 1 aromatic heterocycles. The Morgan fingerprint density at radius 1 is 1.12 bits per heavy atom. The Hall–Kier alpha value is -3.16. The number of aromatic hydroxyl groups is 1. The summed E-state index contributed by atoms with van der Waals surface area (Å²) in [5, 5.41) is 9.41. The van der Waals surface area contributed by atoms with Crippen molar-refractivity contribution >= 4 is 22.3 Å². The summed E-state index contributed by atoms with van der Waals surface area (Å²) in [7, 11) is 0. The highest BCUT2D eigenvalue weighted by Crippen LogP contribution is 2.35. The summed E-state index contributed by atoms with van der Waals surface area (Å²) in [6, 6.07) is 3.38. The topological polar surface area (TPSA) is 102 Å². The van der Waals surface area contributed by atoms with Gasteiger partial charge in [-0.05, 0) is 25.1 Å². The quantitative estimate of drug-likeness (QED) is 0.593. The standard InChI is InChI=1S/C16H11F3N2O3/c1-5-10(18)12(21)9-13(22)14(23)15(24-16(9)11(5)19)6-2-3-8(20)7(17)4-6/h2-4,23H,20-21H2,1H3. The van der Waals surface area contributed by atoms with E-state index in [0.717, 1.165) is 13.0 Å². The molecule has 8 heteroatoms. The summed E-state index contributed by atoms with van der Waals surface area (Å²) >= 11 is 0. The van der Waals surface area contributed by atoms with Crippen molar-refractivity contribution < 1.29 is 22.7 Å². The van der Waals surface area contributed by atoms with Crippen LogP contribution >= 0.6 is 0 Å². The Morgan fingerprint density at radius 2 is 1.79 bits per heavy atom. The van der Waals surface area contributed by atoms with Crippen molar-refractivity contribution in [2.24, 2.45) is 0 Å². The van der Waals surface area contributed by atoms with Gasteiger partial charge < -0.3 is 21.0 Å². The van der Waals surface area contributed by atoms with E-state index in [9.17, 15) is 23.1 Å². The first-order valence-corrected chi connectivity index (χ1v) is 6.72. The van der Waals surface area contributed by atoms with E-state index < -0.39 is 56.6 Å². The summed E-state index contributed by atoms with van der Waals surface area (Å²) in [5.74, 6) is -4.48. The molecule has 1 heterocycles. The molecule has 0 aliphatic rings. The number of anilines is 2. The van der Waals surface area contributed by atoms with Crippen LogP contribution in [0.2, 0.25) is 0 Å². The maximum Gasteiger partial charge on any atom is 0.237 e. The average molecular weight is 336 g/mol. The highest BCUT2D eigenvalue weighted by molar-refractivity contribution is 5.93. The van der Waals surface area contributed by atoms with Gasteiger partial charge in [-0.1, -0.05) is 0 Å². The van der Waals surface area contributed by atoms with E-state index in [4.69, 9.17) is 15.9 Å². The van der Waals surface area contributed by atoms with Crippen LogP contribution in [0.15, 0.2) is 27.4 Å². The number of nitrogens with two attached hydrogens (primary N) is 2. The van der Waals surface area contributed by atoms with Crippen LogP contribution in [0.1, 0.15) is 5.56 Å². The molecule has 0 atom stereocenters. The molecule has 0 aliphatic heterocycles. The second kappa shape index (κ2) is 5.19. The first kappa shape index (κ1) is 15.7. The van der Waals surface area contributed by atoms with Gasteiger partial charge in [0.2, 0.25) is 11.2 Å². The molecule has 2 aromatic carbocycles. The second-order valence-electron chi connectivity index (χ2n) is 5.22. The van der Waals surface area contributed by atoms with Crippen LogP contribution in [0.3, 0.4) is 0 Å². The van der Waals surface area contributed by atoms with Crippen LogP contribution in [0.5, 0.6) is 5.75 Å². The van der Waals surface area contributed by atoms with E-state index in [1.807, 2.05) is 0 Å². The Labute approximate surface area is 132 Å². The van der Waals surface area contributed by atoms with Crippen molar-refractivity contribution in [2.75, 3.05) is 11.5 Å². The second-order valence-corrected chi connectivity index (χ2v) is 5.22. The lowest BCUT2D eigenvalue weighted by molar-refractivity contribution is 0.444. The molecule has 5 N–H and O–H groups in total. The Bertz CT molecular complexity index is 1060. The molecule has 0 saturated heterocycles. The van der Waals surface area contributed by atoms with E-state index in [1.165, 1.54) is 12.1 Å². The molecule has 3 aromatic rings. The highest BCUT2D eigenvalue weighted by atomic mass is 19.1. The van der Waals surface area contributed by atoms with Crippen LogP contribution in [0.25, 0.3) is 22.3 Å². The molecule has 0 fully saturated rings. The van der Waals surface area contributed by atoms with Crippen molar-refractivity contribution in [1.29, 1.82) is 0 Å². The summed E-state index contributed by atoms with van der Waals surface area (Å²) in [5.41, 5.74) is 7.83. The number of halogens is 3. The van der Waals surface area contributed by atoms with Gasteiger partial charge in [-0.25, -0.2) is 13.2 Å². The average Bonchev–Trinajstić information content (AvgIpc) is 2.56. The number of benzene rings is 2. The number of hydrogen-bond donors (Lipinski definition) is 3. The van der Waals surface area contributed by atoms with Crippen LogP contribution < -0.4 is 16.9 Å². The van der Waals surface area contributed by atoms with Gasteiger partial charge in [0, 0.05) is 11.1 Å². The third-order valence-electron chi connectivity index (χ3n) is 3.71. The number of nitrogen functional groups attached to an aromatic ring is 2. The van der Waals surface area contributed by atoms with Crippen LogP contribution in [0, 0.1) is 24.4 Å². The van der Waals surface area contributed by atoms with E-state index in [2.05, 4.69) is 0 Å². The molecule has 24 heavy (non-hydrogen) atoms. The molecule has 0 unspecified atom stereocenters. The summed E-state index contributed by atoms with van der Waals surface area (Å²) in [6.45, 7) is 1.12. The number of fused-ring (bicyclic) bond motifs is 1. The van der Waals surface area contributed by atoms with Crippen molar-refractivity contribution in [3.05, 3.63) is 51.4 Å². The van der Waals surface area contributed by atoms with E-state index >= 15 is 0 Å². The predicted octanol–water partition coefficient (Wildman–Crippen LogP) is 3.06. The molecule has 0 radical (unpaired) electrons. The smallest absolute Gasteiger partial charge is 0.237 e. The van der Waals surface area contributed by atoms with Gasteiger partial charge in [-0.2, -0.15) is 0 Å².